The molecule has 6 heterocycles. The smallest absolute Gasteiger partial charge is 0.245 e. The molecule has 7 rings (SSSR count). The van der Waals surface area contributed by atoms with E-state index in [0.717, 1.165) is 41.7 Å². The molecular formula is C31H31F2N9O. The van der Waals surface area contributed by atoms with Gasteiger partial charge in [0, 0.05) is 69.5 Å². The van der Waals surface area contributed by atoms with Crippen molar-refractivity contribution in [2.75, 3.05) is 30.4 Å². The van der Waals surface area contributed by atoms with Gasteiger partial charge in [0.1, 0.15) is 34.8 Å². The Morgan fingerprint density at radius 3 is 2.81 bits per heavy atom. The number of hydrogen-bond acceptors (Lipinski definition) is 7. The molecule has 1 saturated heterocycles. The van der Waals surface area contributed by atoms with Crippen LogP contribution in [0, 0.1) is 11.6 Å². The minimum Gasteiger partial charge on any atom is -0.365 e. The van der Waals surface area contributed by atoms with Crippen LogP contribution in [0.1, 0.15) is 29.8 Å². The fourth-order valence-electron chi connectivity index (χ4n) is 6.30. The summed E-state index contributed by atoms with van der Waals surface area (Å²) in [5, 5.41) is 8.04. The molecule has 12 heteroatoms. The maximum absolute atomic E-state index is 14.7. The van der Waals surface area contributed by atoms with Gasteiger partial charge in [-0.2, -0.15) is 5.10 Å². The molecule has 2 unspecified atom stereocenters. The van der Waals surface area contributed by atoms with Gasteiger partial charge in [0.2, 0.25) is 5.91 Å². The van der Waals surface area contributed by atoms with Crippen LogP contribution in [0.5, 0.6) is 0 Å². The number of aryl methyl sites for hydroxylation is 1. The molecule has 1 N–H and O–H groups in total. The number of carbonyl (C=O) groups excluding carboxylic acids is 1. The van der Waals surface area contributed by atoms with Crippen molar-refractivity contribution in [1.82, 2.24) is 34.0 Å². The molecule has 220 valence electrons. The Hall–Kier alpha value is -4.87. The standard InChI is InChI=1S/C31H31F2N9O/c1-39-11-4-6-25-19(16-36-40(25)2)13-21-5-3-7-28(37-21)38-22-15-26(31(39)43)42(18-22)30-27-17-35-29(41(27)12-10-34-30)23-9-8-20(32)14-24(23)33/h3,5,7-10,12,14,16-17,22,26H,4,6,11,13,15,18H2,1-2H3,(H,37,38). The molecule has 0 radical (unpaired) electrons. The fourth-order valence-corrected chi connectivity index (χ4v) is 6.30. The van der Waals surface area contributed by atoms with Crippen molar-refractivity contribution < 1.29 is 13.6 Å². The molecule has 1 fully saturated rings. The van der Waals surface area contributed by atoms with Crippen LogP contribution in [0.25, 0.3) is 16.9 Å². The molecule has 2 aliphatic heterocycles. The van der Waals surface area contributed by atoms with Gasteiger partial charge in [0.05, 0.1) is 18.0 Å². The number of nitrogens with zero attached hydrogens (tertiary/aromatic N) is 8. The zero-order valence-corrected chi connectivity index (χ0v) is 23.9. The van der Waals surface area contributed by atoms with Crippen molar-refractivity contribution in [3.05, 3.63) is 89.8 Å². The molecule has 1 amide bonds. The number of anilines is 2. The summed E-state index contributed by atoms with van der Waals surface area (Å²) in [7, 11) is 3.79. The van der Waals surface area contributed by atoms with Crippen LogP contribution in [0.4, 0.5) is 20.4 Å². The van der Waals surface area contributed by atoms with Crippen molar-refractivity contribution >= 4 is 23.1 Å². The first-order valence-corrected chi connectivity index (χ1v) is 14.4. The van der Waals surface area contributed by atoms with E-state index in [9.17, 15) is 13.6 Å². The fraction of sp³-hybridized carbons (Fsp3) is 0.323. The number of hydrogen-bond donors (Lipinski definition) is 1. The molecular weight excluding hydrogens is 552 g/mol. The van der Waals surface area contributed by atoms with Crippen molar-refractivity contribution in [3.8, 4) is 11.4 Å². The largest absolute Gasteiger partial charge is 0.365 e. The van der Waals surface area contributed by atoms with Crippen molar-refractivity contribution in [1.29, 1.82) is 0 Å². The van der Waals surface area contributed by atoms with Gasteiger partial charge >= 0.3 is 0 Å². The van der Waals surface area contributed by atoms with E-state index in [1.54, 1.807) is 27.9 Å². The van der Waals surface area contributed by atoms with Gasteiger partial charge in [-0.1, -0.05) is 6.07 Å². The Morgan fingerprint density at radius 2 is 1.95 bits per heavy atom. The maximum Gasteiger partial charge on any atom is 0.245 e. The van der Waals surface area contributed by atoms with E-state index < -0.39 is 17.7 Å². The maximum atomic E-state index is 14.7. The second-order valence-electron chi connectivity index (χ2n) is 11.3. The lowest BCUT2D eigenvalue weighted by atomic mass is 10.1. The first kappa shape index (κ1) is 27.0. The third-order valence-electron chi connectivity index (χ3n) is 8.43. The van der Waals surface area contributed by atoms with E-state index in [-0.39, 0.29) is 17.5 Å². The van der Waals surface area contributed by atoms with Crippen LogP contribution in [-0.2, 0) is 24.7 Å². The summed E-state index contributed by atoms with van der Waals surface area (Å²) in [4.78, 5) is 31.8. The summed E-state index contributed by atoms with van der Waals surface area (Å²) in [6, 6.07) is 8.82. The first-order chi connectivity index (χ1) is 20.9. The number of fused-ring (bicyclic) bond motifs is 6. The van der Waals surface area contributed by atoms with E-state index in [0.29, 0.717) is 43.1 Å². The molecule has 1 aromatic carbocycles. The van der Waals surface area contributed by atoms with Gasteiger partial charge in [0.15, 0.2) is 5.82 Å². The van der Waals surface area contributed by atoms with Crippen LogP contribution in [0.2, 0.25) is 0 Å². The summed E-state index contributed by atoms with van der Waals surface area (Å²) in [5.41, 5.74) is 4.03. The zero-order chi connectivity index (χ0) is 29.7. The number of halogens is 2. The van der Waals surface area contributed by atoms with Crippen LogP contribution < -0.4 is 10.2 Å². The quantitative estimate of drug-likeness (QED) is 0.337. The van der Waals surface area contributed by atoms with Crippen molar-refractivity contribution in [2.24, 2.45) is 7.05 Å². The summed E-state index contributed by atoms with van der Waals surface area (Å²) in [6.07, 6.45) is 9.64. The Bertz CT molecular complexity index is 1830. The minimum absolute atomic E-state index is 0.000711. The van der Waals surface area contributed by atoms with Crippen LogP contribution >= 0.6 is 0 Å². The Kier molecular flexibility index (Phi) is 6.75. The Balaban J connectivity index is 1.26. The van der Waals surface area contributed by atoms with E-state index in [1.807, 2.05) is 48.1 Å². The highest BCUT2D eigenvalue weighted by Gasteiger charge is 2.40. The van der Waals surface area contributed by atoms with Gasteiger partial charge in [-0.15, -0.1) is 0 Å². The average molecular weight is 584 g/mol. The number of amides is 1. The third-order valence-corrected chi connectivity index (χ3v) is 8.43. The molecule has 10 nitrogen and oxygen atoms in total. The summed E-state index contributed by atoms with van der Waals surface area (Å²) in [5.74, 6) is 0.287. The average Bonchev–Trinajstić information content (AvgIpc) is 3.70. The van der Waals surface area contributed by atoms with Crippen LogP contribution in [-0.4, -0.2) is 72.2 Å². The second kappa shape index (κ2) is 10.8. The highest BCUT2D eigenvalue weighted by Crippen LogP contribution is 2.33. The molecule has 2 aliphatic rings. The molecule has 2 atom stereocenters. The predicted octanol–water partition coefficient (Wildman–Crippen LogP) is 3.86. The molecule has 0 aliphatic carbocycles. The molecule has 0 saturated carbocycles. The van der Waals surface area contributed by atoms with Gasteiger partial charge < -0.3 is 15.1 Å². The zero-order valence-electron chi connectivity index (χ0n) is 23.9. The topological polar surface area (TPSA) is 96.5 Å². The lowest BCUT2D eigenvalue weighted by Crippen LogP contribution is -2.45. The Labute approximate surface area is 247 Å². The Morgan fingerprint density at radius 1 is 1.07 bits per heavy atom. The summed E-state index contributed by atoms with van der Waals surface area (Å²) in [6.45, 7) is 1.09. The molecule has 43 heavy (non-hydrogen) atoms. The van der Waals surface area contributed by atoms with Gasteiger partial charge in [-0.3, -0.25) is 13.9 Å². The van der Waals surface area contributed by atoms with E-state index in [2.05, 4.69) is 20.4 Å². The van der Waals surface area contributed by atoms with E-state index in [1.165, 1.54) is 12.1 Å². The van der Waals surface area contributed by atoms with E-state index >= 15 is 0 Å². The highest BCUT2D eigenvalue weighted by atomic mass is 19.1. The number of imidazole rings is 1. The number of nitrogens with one attached hydrogen (secondary N) is 1. The second-order valence-corrected chi connectivity index (χ2v) is 11.3. The number of aromatic nitrogens is 6. The lowest BCUT2D eigenvalue weighted by molar-refractivity contribution is -0.131. The monoisotopic (exact) mass is 583 g/mol. The van der Waals surface area contributed by atoms with Crippen LogP contribution in [0.15, 0.2) is 61.2 Å². The van der Waals surface area contributed by atoms with Gasteiger partial charge in [-0.05, 0) is 49.1 Å². The van der Waals surface area contributed by atoms with E-state index in [4.69, 9.17) is 4.98 Å². The number of likely N-dealkylation sites (N-methyl/N-ethyl adjacent to an activating group) is 1. The number of rotatable bonds is 2. The normalized spacial score (nSPS) is 19.2. The first-order valence-electron chi connectivity index (χ1n) is 14.4. The number of benzene rings is 1. The SMILES string of the molecule is CN1CCCc2c(cnn2C)Cc2cccc(n2)NC2CC(C1=O)N(c1nccn3c(-c4ccc(F)cc4F)ncc13)C2. The van der Waals surface area contributed by atoms with Gasteiger partial charge in [-0.25, -0.2) is 23.7 Å². The predicted molar refractivity (Wildman–Crippen MR) is 158 cm³/mol. The minimum atomic E-state index is -0.702. The molecule has 4 bridgehead atoms. The summed E-state index contributed by atoms with van der Waals surface area (Å²) >= 11 is 0. The van der Waals surface area contributed by atoms with Gasteiger partial charge in [0.25, 0.3) is 0 Å². The van der Waals surface area contributed by atoms with Crippen LogP contribution in [0.3, 0.4) is 0 Å². The molecule has 0 spiro atoms. The highest BCUT2D eigenvalue weighted by molar-refractivity contribution is 5.88. The third kappa shape index (κ3) is 4.96. The number of pyridine rings is 1. The van der Waals surface area contributed by atoms with Crippen molar-refractivity contribution in [2.45, 2.75) is 37.8 Å². The summed E-state index contributed by atoms with van der Waals surface area (Å²) < 4.78 is 32.0. The van der Waals surface area contributed by atoms with Crippen molar-refractivity contribution in [3.63, 3.8) is 0 Å². The lowest BCUT2D eigenvalue weighted by Gasteiger charge is -2.29. The molecule has 4 aromatic heterocycles. The number of carbonyl (C=O) groups is 1. The molecule has 5 aromatic rings.